The number of pyridine rings is 1. The number of nitrogens with zero attached hydrogens (tertiary/aromatic N) is 1. The van der Waals surface area contributed by atoms with E-state index in [2.05, 4.69) is 16.0 Å². The van der Waals surface area contributed by atoms with Crippen molar-refractivity contribution in [3.05, 3.63) is 58.3 Å². The molecule has 1 saturated heterocycles. The van der Waals surface area contributed by atoms with Gasteiger partial charge in [-0.2, -0.15) is 0 Å². The maximum atomic E-state index is 13.1. The zero-order chi connectivity index (χ0) is 25.2. The van der Waals surface area contributed by atoms with Gasteiger partial charge >= 0.3 is 0 Å². The van der Waals surface area contributed by atoms with E-state index in [4.69, 9.17) is 23.7 Å². The summed E-state index contributed by atoms with van der Waals surface area (Å²) in [6, 6.07) is 13.6. The zero-order valence-electron chi connectivity index (χ0n) is 21.4. The Balaban J connectivity index is 1.49. The number of nitrogens with one attached hydrogen (secondary N) is 1. The third-order valence-corrected chi connectivity index (χ3v) is 6.29. The minimum absolute atomic E-state index is 0.00869. The number of aromatic amines is 1. The van der Waals surface area contributed by atoms with Crippen LogP contribution < -0.4 is 5.43 Å². The lowest BCUT2D eigenvalue weighted by Gasteiger charge is -2.25. The van der Waals surface area contributed by atoms with Gasteiger partial charge in [-0.1, -0.05) is 24.3 Å². The van der Waals surface area contributed by atoms with Crippen LogP contribution in [0.25, 0.3) is 21.8 Å². The zero-order valence-corrected chi connectivity index (χ0v) is 21.4. The Morgan fingerprint density at radius 3 is 2.08 bits per heavy atom. The van der Waals surface area contributed by atoms with Gasteiger partial charge < -0.3 is 28.7 Å². The van der Waals surface area contributed by atoms with Crippen LogP contribution in [-0.2, 0) is 30.2 Å². The number of ether oxygens (including phenoxy) is 5. The van der Waals surface area contributed by atoms with E-state index in [-0.39, 0.29) is 17.6 Å². The number of H-pyrrole nitrogens is 1. The second-order valence-electron chi connectivity index (χ2n) is 9.24. The van der Waals surface area contributed by atoms with Gasteiger partial charge in [0.15, 0.2) is 5.43 Å². The van der Waals surface area contributed by atoms with Crippen LogP contribution in [0.4, 0.5) is 0 Å². The van der Waals surface area contributed by atoms with Crippen LogP contribution in [0.5, 0.6) is 0 Å². The van der Waals surface area contributed by atoms with Crippen molar-refractivity contribution in [1.29, 1.82) is 0 Å². The summed E-state index contributed by atoms with van der Waals surface area (Å²) in [5.74, 6) is 0. The summed E-state index contributed by atoms with van der Waals surface area (Å²) < 4.78 is 28.9. The van der Waals surface area contributed by atoms with Crippen LogP contribution in [-0.4, -0.2) is 88.0 Å². The molecule has 0 spiro atoms. The third-order valence-electron chi connectivity index (χ3n) is 6.29. The molecule has 0 unspecified atom stereocenters. The molecule has 1 N–H and O–H groups in total. The maximum Gasteiger partial charge on any atom is 0.197 e. The molecule has 196 valence electrons. The van der Waals surface area contributed by atoms with Crippen molar-refractivity contribution in [3.63, 3.8) is 0 Å². The van der Waals surface area contributed by atoms with E-state index in [9.17, 15) is 4.79 Å². The molecule has 0 saturated carbocycles. The lowest BCUT2D eigenvalue weighted by Crippen LogP contribution is -2.33. The Morgan fingerprint density at radius 2 is 1.39 bits per heavy atom. The quantitative estimate of drug-likeness (QED) is 0.543. The Bertz CT molecular complexity index is 1130. The summed E-state index contributed by atoms with van der Waals surface area (Å²) in [5, 5.41) is 1.42. The molecule has 2 heterocycles. The molecule has 8 nitrogen and oxygen atoms in total. The SMILES string of the molecule is C[C@H]1COCCOCCOC[C@H](C)OCCN(Cc2cccc3c(=O)c4ccccc4[nH]c23)CCO1. The maximum absolute atomic E-state index is 13.1. The molecule has 1 fully saturated rings. The summed E-state index contributed by atoms with van der Waals surface area (Å²) in [4.78, 5) is 18.9. The topological polar surface area (TPSA) is 82.3 Å². The van der Waals surface area contributed by atoms with Gasteiger partial charge in [-0.15, -0.1) is 0 Å². The first-order valence-corrected chi connectivity index (χ1v) is 12.8. The molecule has 1 aliphatic rings. The molecule has 1 aromatic heterocycles. The fourth-order valence-corrected chi connectivity index (χ4v) is 4.35. The van der Waals surface area contributed by atoms with Gasteiger partial charge in [0, 0.05) is 35.9 Å². The number of fused-ring (bicyclic) bond motifs is 2. The van der Waals surface area contributed by atoms with Gasteiger partial charge in [-0.25, -0.2) is 0 Å². The van der Waals surface area contributed by atoms with Crippen LogP contribution in [0.15, 0.2) is 47.3 Å². The van der Waals surface area contributed by atoms with Gasteiger partial charge in [0.2, 0.25) is 0 Å². The number of hydrogen-bond acceptors (Lipinski definition) is 7. The van der Waals surface area contributed by atoms with E-state index in [1.807, 2.05) is 50.2 Å². The second-order valence-corrected chi connectivity index (χ2v) is 9.24. The fraction of sp³-hybridized carbons (Fsp3) is 0.536. The highest BCUT2D eigenvalue weighted by Gasteiger charge is 2.14. The molecule has 1 aliphatic heterocycles. The summed E-state index contributed by atoms with van der Waals surface area (Å²) in [6.45, 7) is 10.5. The van der Waals surface area contributed by atoms with Crippen LogP contribution in [0, 0.1) is 0 Å². The summed E-state index contributed by atoms with van der Waals surface area (Å²) in [6.07, 6.45) is -0.0174. The lowest BCUT2D eigenvalue weighted by molar-refractivity contribution is -0.0520. The highest BCUT2D eigenvalue weighted by atomic mass is 16.6. The predicted octanol–water partition coefficient (Wildman–Crippen LogP) is 3.36. The van der Waals surface area contributed by atoms with Crippen molar-refractivity contribution in [1.82, 2.24) is 9.88 Å². The van der Waals surface area contributed by atoms with Crippen LogP contribution in [0.2, 0.25) is 0 Å². The molecule has 8 heteroatoms. The minimum atomic E-state index is -0.00869. The monoisotopic (exact) mass is 498 g/mol. The fourth-order valence-electron chi connectivity index (χ4n) is 4.35. The van der Waals surface area contributed by atoms with Crippen molar-refractivity contribution >= 4 is 21.8 Å². The molecular formula is C28H38N2O6. The van der Waals surface area contributed by atoms with E-state index in [0.29, 0.717) is 70.2 Å². The molecule has 36 heavy (non-hydrogen) atoms. The van der Waals surface area contributed by atoms with Crippen molar-refractivity contribution in [3.8, 4) is 0 Å². The first-order valence-electron chi connectivity index (χ1n) is 12.8. The highest BCUT2D eigenvalue weighted by molar-refractivity contribution is 5.93. The molecule has 0 radical (unpaired) electrons. The van der Waals surface area contributed by atoms with E-state index in [1.54, 1.807) is 0 Å². The number of rotatable bonds is 2. The smallest absolute Gasteiger partial charge is 0.197 e. The van der Waals surface area contributed by atoms with Gasteiger partial charge in [0.25, 0.3) is 0 Å². The number of para-hydroxylation sites is 2. The lowest BCUT2D eigenvalue weighted by atomic mass is 10.1. The first kappa shape index (κ1) is 26.7. The largest absolute Gasteiger partial charge is 0.377 e. The molecule has 0 aliphatic carbocycles. The molecular weight excluding hydrogens is 460 g/mol. The average molecular weight is 499 g/mol. The average Bonchev–Trinajstić information content (AvgIpc) is 2.88. The van der Waals surface area contributed by atoms with E-state index in [0.717, 1.165) is 29.7 Å². The van der Waals surface area contributed by atoms with E-state index in [1.165, 1.54) is 0 Å². The van der Waals surface area contributed by atoms with Gasteiger partial charge in [-0.05, 0) is 37.6 Å². The number of hydrogen-bond donors (Lipinski definition) is 1. The standard InChI is InChI=1S/C28H38N2O6/c1-21-19-33-16-14-32-15-17-34-20-22(2)36-13-11-30(10-12-35-21)18-23-6-5-8-25-27(23)29-26-9-4-3-7-24(26)28(25)31/h3-9,21-22H,10-20H2,1-2H3,(H,29,31)/t21-,22-/m0/s1. The Labute approximate surface area is 212 Å². The summed E-state index contributed by atoms with van der Waals surface area (Å²) in [5.41, 5.74) is 2.86. The Hall–Kier alpha value is -2.33. The van der Waals surface area contributed by atoms with Crippen molar-refractivity contribution in [2.24, 2.45) is 0 Å². The molecule has 0 amide bonds. The predicted molar refractivity (Wildman–Crippen MR) is 141 cm³/mol. The second kappa shape index (κ2) is 13.8. The Morgan fingerprint density at radius 1 is 0.778 bits per heavy atom. The molecule has 2 atom stereocenters. The van der Waals surface area contributed by atoms with Crippen molar-refractivity contribution < 1.29 is 23.7 Å². The summed E-state index contributed by atoms with van der Waals surface area (Å²) in [7, 11) is 0. The van der Waals surface area contributed by atoms with Gasteiger partial charge in [-0.3, -0.25) is 9.69 Å². The first-order chi connectivity index (χ1) is 17.6. The van der Waals surface area contributed by atoms with Crippen LogP contribution in [0.3, 0.4) is 0 Å². The molecule has 4 rings (SSSR count). The molecule has 2 aromatic carbocycles. The van der Waals surface area contributed by atoms with Gasteiger partial charge in [0.1, 0.15) is 0 Å². The number of benzene rings is 2. The normalized spacial score (nSPS) is 22.8. The number of aromatic nitrogens is 1. The highest BCUT2D eigenvalue weighted by Crippen LogP contribution is 2.20. The van der Waals surface area contributed by atoms with Crippen molar-refractivity contribution in [2.75, 3.05) is 65.9 Å². The third kappa shape index (κ3) is 7.59. The molecule has 0 bridgehead atoms. The molecule has 3 aromatic rings. The van der Waals surface area contributed by atoms with Gasteiger partial charge in [0.05, 0.1) is 70.6 Å². The summed E-state index contributed by atoms with van der Waals surface area (Å²) >= 11 is 0. The van der Waals surface area contributed by atoms with Crippen LogP contribution >= 0.6 is 0 Å². The van der Waals surface area contributed by atoms with E-state index >= 15 is 0 Å². The van der Waals surface area contributed by atoms with Crippen LogP contribution in [0.1, 0.15) is 19.4 Å². The minimum Gasteiger partial charge on any atom is -0.377 e. The van der Waals surface area contributed by atoms with E-state index < -0.39 is 0 Å². The van der Waals surface area contributed by atoms with Crippen molar-refractivity contribution in [2.45, 2.75) is 32.6 Å². The Kier molecular flexibility index (Phi) is 10.3.